The fourth-order valence-corrected chi connectivity index (χ4v) is 3.84. The number of nitrogens with one attached hydrogen (secondary N) is 1. The minimum absolute atomic E-state index is 0.0620. The summed E-state index contributed by atoms with van der Waals surface area (Å²) in [5, 5.41) is 6.27. The zero-order chi connectivity index (χ0) is 21.9. The van der Waals surface area contributed by atoms with Crippen LogP contribution in [0.4, 0.5) is 11.4 Å². The zero-order valence-corrected chi connectivity index (χ0v) is 17.9. The van der Waals surface area contributed by atoms with Crippen LogP contribution in [-0.4, -0.2) is 10.8 Å². The van der Waals surface area contributed by atoms with Gasteiger partial charge in [-0.2, -0.15) is 0 Å². The minimum atomic E-state index is -0.0620. The monoisotopic (exact) mass is 434 g/mol. The summed E-state index contributed by atoms with van der Waals surface area (Å²) >= 11 is 5.93. The number of carbonyl (C=O) groups is 1. The van der Waals surface area contributed by atoms with E-state index in [1.54, 1.807) is 24.3 Å². The standard InChI is InChI=1S/C28H19ClN2O/c29-21-15-12-19(13-16-21)14-17-27(32)20-6-5-7-22(18-20)30-28-23-8-1-3-10-25(23)31-26-11-4-2-9-24(26)28/h1-18H,(H,30,31)/b17-14+. The normalized spacial score (nSPS) is 11.3. The van der Waals surface area contributed by atoms with Crippen LogP contribution in [0.5, 0.6) is 0 Å². The van der Waals surface area contributed by atoms with Crippen LogP contribution in [0.1, 0.15) is 15.9 Å². The maximum Gasteiger partial charge on any atom is 0.185 e. The zero-order valence-electron chi connectivity index (χ0n) is 17.1. The van der Waals surface area contributed by atoms with E-state index in [9.17, 15) is 4.79 Å². The van der Waals surface area contributed by atoms with E-state index >= 15 is 0 Å². The molecular weight excluding hydrogens is 416 g/mol. The first-order valence-corrected chi connectivity index (χ1v) is 10.7. The van der Waals surface area contributed by atoms with Gasteiger partial charge in [0, 0.05) is 27.0 Å². The van der Waals surface area contributed by atoms with Gasteiger partial charge < -0.3 is 5.32 Å². The summed E-state index contributed by atoms with van der Waals surface area (Å²) in [6.07, 6.45) is 3.38. The van der Waals surface area contributed by atoms with Crippen molar-refractivity contribution in [2.24, 2.45) is 0 Å². The number of para-hydroxylation sites is 2. The lowest BCUT2D eigenvalue weighted by atomic mass is 10.1. The lowest BCUT2D eigenvalue weighted by Gasteiger charge is -2.13. The molecule has 0 aliphatic rings. The van der Waals surface area contributed by atoms with Crippen molar-refractivity contribution in [1.29, 1.82) is 0 Å². The number of pyridine rings is 1. The van der Waals surface area contributed by atoms with Crippen LogP contribution >= 0.6 is 11.6 Å². The van der Waals surface area contributed by atoms with Crippen molar-refractivity contribution in [2.75, 3.05) is 5.32 Å². The third kappa shape index (κ3) is 4.11. The first-order chi connectivity index (χ1) is 15.7. The maximum absolute atomic E-state index is 12.8. The number of aromatic nitrogens is 1. The Balaban J connectivity index is 1.48. The fourth-order valence-electron chi connectivity index (χ4n) is 3.71. The highest BCUT2D eigenvalue weighted by molar-refractivity contribution is 6.30. The number of anilines is 2. The predicted molar refractivity (Wildman–Crippen MR) is 134 cm³/mol. The highest BCUT2D eigenvalue weighted by Gasteiger charge is 2.10. The van der Waals surface area contributed by atoms with E-state index in [0.29, 0.717) is 10.6 Å². The number of fused-ring (bicyclic) bond motifs is 2. The lowest BCUT2D eigenvalue weighted by Crippen LogP contribution is -1.98. The SMILES string of the molecule is O=C(/C=C/c1ccc(Cl)cc1)c1cccc(Nc2c3ccccc3nc3ccccc23)c1. The van der Waals surface area contributed by atoms with Gasteiger partial charge in [-0.3, -0.25) is 4.79 Å². The average Bonchev–Trinajstić information content (AvgIpc) is 2.83. The fraction of sp³-hybridized carbons (Fsp3) is 0. The third-order valence-electron chi connectivity index (χ3n) is 5.30. The van der Waals surface area contributed by atoms with Crippen molar-refractivity contribution >= 4 is 56.6 Å². The molecule has 0 saturated heterocycles. The topological polar surface area (TPSA) is 42.0 Å². The lowest BCUT2D eigenvalue weighted by molar-refractivity contribution is 0.104. The van der Waals surface area contributed by atoms with Gasteiger partial charge in [-0.1, -0.05) is 78.3 Å². The van der Waals surface area contributed by atoms with Crippen molar-refractivity contribution < 1.29 is 4.79 Å². The predicted octanol–water partition coefficient (Wildman–Crippen LogP) is 7.68. The number of benzene rings is 4. The van der Waals surface area contributed by atoms with Crippen LogP contribution in [-0.2, 0) is 0 Å². The molecular formula is C28H19ClN2O. The molecule has 5 aromatic rings. The number of nitrogens with zero attached hydrogens (tertiary/aromatic N) is 1. The highest BCUT2D eigenvalue weighted by atomic mass is 35.5. The van der Waals surface area contributed by atoms with Crippen LogP contribution in [0.15, 0.2) is 103 Å². The van der Waals surface area contributed by atoms with Gasteiger partial charge in [-0.25, -0.2) is 4.98 Å². The number of rotatable bonds is 5. The summed E-state index contributed by atoms with van der Waals surface area (Å²) in [6.45, 7) is 0. The van der Waals surface area contributed by atoms with E-state index in [1.165, 1.54) is 0 Å². The Morgan fingerprint density at radius 2 is 1.44 bits per heavy atom. The molecule has 154 valence electrons. The molecule has 1 aromatic heterocycles. The second-order valence-electron chi connectivity index (χ2n) is 7.48. The summed E-state index contributed by atoms with van der Waals surface area (Å²) in [6, 6.07) is 31.0. The van der Waals surface area contributed by atoms with Gasteiger partial charge >= 0.3 is 0 Å². The largest absolute Gasteiger partial charge is 0.354 e. The maximum atomic E-state index is 12.8. The smallest absolute Gasteiger partial charge is 0.185 e. The van der Waals surface area contributed by atoms with Crippen molar-refractivity contribution in [3.63, 3.8) is 0 Å². The number of ketones is 1. The van der Waals surface area contributed by atoms with Crippen molar-refractivity contribution in [2.45, 2.75) is 0 Å². The van der Waals surface area contributed by atoms with Crippen LogP contribution in [0.3, 0.4) is 0 Å². The molecule has 0 aliphatic carbocycles. The second kappa shape index (κ2) is 8.66. The van der Waals surface area contributed by atoms with Gasteiger partial charge in [0.05, 0.1) is 16.7 Å². The molecule has 0 radical (unpaired) electrons. The Morgan fingerprint density at radius 1 is 0.781 bits per heavy atom. The summed E-state index contributed by atoms with van der Waals surface area (Å²) in [5.41, 5.74) is 5.21. The molecule has 0 fully saturated rings. The molecule has 0 saturated carbocycles. The summed E-state index contributed by atoms with van der Waals surface area (Å²) in [7, 11) is 0. The van der Waals surface area contributed by atoms with Gasteiger partial charge in [0.15, 0.2) is 5.78 Å². The van der Waals surface area contributed by atoms with Gasteiger partial charge in [0.25, 0.3) is 0 Å². The van der Waals surface area contributed by atoms with E-state index in [1.807, 2.05) is 72.8 Å². The van der Waals surface area contributed by atoms with Crippen LogP contribution in [0.25, 0.3) is 27.9 Å². The average molecular weight is 435 g/mol. The molecule has 32 heavy (non-hydrogen) atoms. The molecule has 4 heteroatoms. The molecule has 0 amide bonds. The Bertz CT molecular complexity index is 1420. The van der Waals surface area contributed by atoms with Crippen LogP contribution in [0, 0.1) is 0 Å². The van der Waals surface area contributed by atoms with E-state index in [2.05, 4.69) is 17.4 Å². The number of hydrogen-bond acceptors (Lipinski definition) is 3. The van der Waals surface area contributed by atoms with Crippen molar-refractivity contribution in [3.05, 3.63) is 119 Å². The second-order valence-corrected chi connectivity index (χ2v) is 7.91. The number of allylic oxidation sites excluding steroid dienone is 1. The van der Waals surface area contributed by atoms with E-state index in [-0.39, 0.29) is 5.78 Å². The highest BCUT2D eigenvalue weighted by Crippen LogP contribution is 2.33. The van der Waals surface area contributed by atoms with Crippen molar-refractivity contribution in [1.82, 2.24) is 4.98 Å². The van der Waals surface area contributed by atoms with Gasteiger partial charge in [-0.15, -0.1) is 0 Å². The molecule has 1 N–H and O–H groups in total. The molecule has 3 nitrogen and oxygen atoms in total. The third-order valence-corrected chi connectivity index (χ3v) is 5.55. The molecule has 0 atom stereocenters. The number of hydrogen-bond donors (Lipinski definition) is 1. The summed E-state index contributed by atoms with van der Waals surface area (Å²) in [5.74, 6) is -0.0620. The summed E-state index contributed by atoms with van der Waals surface area (Å²) in [4.78, 5) is 17.5. The van der Waals surface area contributed by atoms with E-state index < -0.39 is 0 Å². The van der Waals surface area contributed by atoms with Crippen molar-refractivity contribution in [3.8, 4) is 0 Å². The Hall–Kier alpha value is -3.95. The molecule has 0 unspecified atom stereocenters. The van der Waals surface area contributed by atoms with E-state index in [0.717, 1.165) is 38.7 Å². The van der Waals surface area contributed by atoms with Gasteiger partial charge in [0.2, 0.25) is 0 Å². The van der Waals surface area contributed by atoms with Gasteiger partial charge in [0.1, 0.15) is 0 Å². The van der Waals surface area contributed by atoms with Gasteiger partial charge in [-0.05, 0) is 48.0 Å². The Morgan fingerprint density at radius 3 is 2.12 bits per heavy atom. The first kappa shape index (κ1) is 20.0. The van der Waals surface area contributed by atoms with E-state index in [4.69, 9.17) is 16.6 Å². The molecule has 5 rings (SSSR count). The van der Waals surface area contributed by atoms with Crippen LogP contribution in [0.2, 0.25) is 5.02 Å². The molecule has 0 bridgehead atoms. The number of carbonyl (C=O) groups excluding carboxylic acids is 1. The molecule has 1 heterocycles. The quantitative estimate of drug-likeness (QED) is 0.175. The first-order valence-electron chi connectivity index (χ1n) is 10.3. The molecule has 4 aromatic carbocycles. The molecule has 0 aliphatic heterocycles. The minimum Gasteiger partial charge on any atom is -0.354 e. The Kier molecular flexibility index (Phi) is 5.40. The molecule has 0 spiro atoms. The number of halogens is 1. The summed E-state index contributed by atoms with van der Waals surface area (Å²) < 4.78 is 0. The van der Waals surface area contributed by atoms with Crippen LogP contribution < -0.4 is 5.32 Å². The Labute approximate surface area is 191 Å².